The Balaban J connectivity index is 1.38. The van der Waals surface area contributed by atoms with Crippen molar-refractivity contribution in [3.05, 3.63) is 54.2 Å². The van der Waals surface area contributed by atoms with Gasteiger partial charge in [-0.3, -0.25) is 4.98 Å². The molecule has 7 N–H and O–H groups in total. The van der Waals surface area contributed by atoms with Crippen molar-refractivity contribution < 1.29 is 47.5 Å². The minimum absolute atomic E-state index is 0.0252. The SMILES string of the molecule is COc1cc(F)c(-c2cc(Cn3cnc4c(NC5O[C@H](CO)[C@@H](O)[C@H]5O)ncnc43)c(N3CCC[C@](N)([C@H](O)C(F)F)C3)cn2)cc1F. The maximum Gasteiger partial charge on any atom is 0.265 e. The van der Waals surface area contributed by atoms with Crippen molar-refractivity contribution in [2.75, 3.05) is 37.0 Å². The Bertz CT molecular complexity index is 1780. The van der Waals surface area contributed by atoms with Crippen LogP contribution < -0.4 is 20.7 Å². The van der Waals surface area contributed by atoms with Gasteiger partial charge in [0, 0.05) is 24.7 Å². The molecule has 48 heavy (non-hydrogen) atoms. The van der Waals surface area contributed by atoms with E-state index in [9.17, 15) is 33.6 Å². The number of piperidine rings is 1. The summed E-state index contributed by atoms with van der Waals surface area (Å²) in [5.41, 5.74) is 6.11. The van der Waals surface area contributed by atoms with Crippen molar-refractivity contribution in [1.29, 1.82) is 0 Å². The molecule has 18 heteroatoms. The molecule has 6 atom stereocenters. The largest absolute Gasteiger partial charge is 0.494 e. The van der Waals surface area contributed by atoms with Crippen LogP contribution >= 0.6 is 0 Å². The van der Waals surface area contributed by atoms with Gasteiger partial charge in [-0.2, -0.15) is 0 Å². The van der Waals surface area contributed by atoms with Gasteiger partial charge in [-0.1, -0.05) is 0 Å². The number of hydrogen-bond acceptors (Lipinski definition) is 13. The van der Waals surface area contributed by atoms with Crippen molar-refractivity contribution in [2.45, 2.75) is 62.0 Å². The lowest BCUT2D eigenvalue weighted by atomic mass is 9.84. The highest BCUT2D eigenvalue weighted by Crippen LogP contribution is 2.35. The number of ether oxygens (including phenoxy) is 2. The molecule has 0 aliphatic carbocycles. The van der Waals surface area contributed by atoms with Crippen LogP contribution in [0, 0.1) is 11.6 Å². The second kappa shape index (κ2) is 13.4. The summed E-state index contributed by atoms with van der Waals surface area (Å²) in [5, 5.41) is 43.1. The standard InChI is InChI=1S/C30H34F4N8O6/c1-47-20-7-16(31)15(6-17(20)32)18-5-14(19(8-36-18)41-4-2-3-30(35,11-41)25(46)26(33)34)9-42-13-39-22-27(37-12-38-28(22)42)40-29-24(45)23(44)21(10-43)48-29/h5-8,12-13,21,23-26,29,43-46H,2-4,9-11,35H2,1H3,(H,37,38,40)/t21-,23-,24-,25-,29?,30-/m1/s1. The molecule has 0 saturated carbocycles. The zero-order chi connectivity index (χ0) is 34.3. The molecule has 3 aromatic heterocycles. The smallest absolute Gasteiger partial charge is 0.265 e. The molecule has 5 heterocycles. The van der Waals surface area contributed by atoms with Gasteiger partial charge in [0.25, 0.3) is 6.43 Å². The van der Waals surface area contributed by atoms with Crippen LogP contribution in [0.1, 0.15) is 18.4 Å². The number of aliphatic hydroxyl groups excluding tert-OH is 4. The number of pyridine rings is 1. The number of nitrogens with zero attached hydrogens (tertiary/aromatic N) is 6. The van der Waals surface area contributed by atoms with Crippen LogP contribution in [-0.4, -0.2) is 114 Å². The van der Waals surface area contributed by atoms with Crippen LogP contribution in [-0.2, 0) is 11.3 Å². The number of rotatable bonds is 10. The summed E-state index contributed by atoms with van der Waals surface area (Å²) in [6.45, 7) is -0.239. The lowest BCUT2D eigenvalue weighted by Gasteiger charge is -2.44. The van der Waals surface area contributed by atoms with Crippen molar-refractivity contribution in [1.82, 2.24) is 24.5 Å². The van der Waals surface area contributed by atoms with Gasteiger partial charge in [0.2, 0.25) is 0 Å². The fraction of sp³-hybridized carbons (Fsp3) is 0.467. The van der Waals surface area contributed by atoms with Crippen LogP contribution in [0.2, 0.25) is 0 Å². The van der Waals surface area contributed by atoms with Crippen molar-refractivity contribution in [2.24, 2.45) is 5.73 Å². The second-order valence-corrected chi connectivity index (χ2v) is 11.9. The van der Waals surface area contributed by atoms with Gasteiger partial charge in [0.05, 0.1) is 49.7 Å². The Morgan fingerprint density at radius 2 is 1.92 bits per heavy atom. The van der Waals surface area contributed by atoms with Crippen LogP contribution in [0.4, 0.5) is 29.1 Å². The third-order valence-electron chi connectivity index (χ3n) is 8.77. The molecular formula is C30H34F4N8O6. The third-order valence-corrected chi connectivity index (χ3v) is 8.77. The van der Waals surface area contributed by atoms with Gasteiger partial charge in [-0.15, -0.1) is 0 Å². The summed E-state index contributed by atoms with van der Waals surface area (Å²) >= 11 is 0. The fourth-order valence-corrected chi connectivity index (χ4v) is 6.18. The molecule has 2 saturated heterocycles. The molecule has 0 radical (unpaired) electrons. The first-order chi connectivity index (χ1) is 22.9. The molecule has 2 aliphatic rings. The fourth-order valence-electron chi connectivity index (χ4n) is 6.18. The molecule has 0 amide bonds. The van der Waals surface area contributed by atoms with E-state index in [0.717, 1.165) is 12.1 Å². The summed E-state index contributed by atoms with van der Waals surface area (Å²) in [7, 11) is 1.21. The summed E-state index contributed by atoms with van der Waals surface area (Å²) in [5.74, 6) is -1.73. The predicted octanol–water partition coefficient (Wildman–Crippen LogP) is 0.998. The third kappa shape index (κ3) is 6.22. The van der Waals surface area contributed by atoms with Gasteiger partial charge in [0.15, 0.2) is 34.8 Å². The van der Waals surface area contributed by atoms with Crippen LogP contribution in [0.3, 0.4) is 0 Å². The monoisotopic (exact) mass is 678 g/mol. The van der Waals surface area contributed by atoms with Gasteiger partial charge in [-0.05, 0) is 30.5 Å². The topological polar surface area (TPSA) is 197 Å². The number of aliphatic hydroxyl groups is 4. The number of alkyl halides is 2. The molecule has 0 bridgehead atoms. The first-order valence-electron chi connectivity index (χ1n) is 15.0. The maximum atomic E-state index is 15.1. The molecule has 14 nitrogen and oxygen atoms in total. The number of methoxy groups -OCH3 is 1. The highest BCUT2D eigenvalue weighted by atomic mass is 19.3. The molecular weight excluding hydrogens is 644 g/mol. The van der Waals surface area contributed by atoms with E-state index in [1.165, 1.54) is 32.0 Å². The molecule has 2 fully saturated rings. The van der Waals surface area contributed by atoms with Crippen LogP contribution in [0.5, 0.6) is 5.75 Å². The van der Waals surface area contributed by atoms with E-state index in [0.29, 0.717) is 29.9 Å². The number of hydrogen-bond donors (Lipinski definition) is 6. The molecule has 1 unspecified atom stereocenters. The lowest BCUT2D eigenvalue weighted by molar-refractivity contribution is -0.0529. The Morgan fingerprint density at radius 1 is 1.12 bits per heavy atom. The average Bonchev–Trinajstić information content (AvgIpc) is 3.61. The van der Waals surface area contributed by atoms with Gasteiger partial charge < -0.3 is 50.4 Å². The molecule has 0 spiro atoms. The van der Waals surface area contributed by atoms with Gasteiger partial charge in [0.1, 0.15) is 36.6 Å². The van der Waals surface area contributed by atoms with Crippen LogP contribution in [0.25, 0.3) is 22.4 Å². The first-order valence-corrected chi connectivity index (χ1v) is 15.0. The van der Waals surface area contributed by atoms with Crippen molar-refractivity contribution in [3.8, 4) is 17.0 Å². The minimum Gasteiger partial charge on any atom is -0.494 e. The van der Waals surface area contributed by atoms with E-state index in [2.05, 4.69) is 25.3 Å². The molecule has 4 aromatic rings. The first kappa shape index (κ1) is 33.7. The van der Waals surface area contributed by atoms with E-state index in [1.54, 1.807) is 9.47 Å². The summed E-state index contributed by atoms with van der Waals surface area (Å²) in [6.07, 6.45) is -5.35. The Kier molecular flexibility index (Phi) is 9.38. The van der Waals surface area contributed by atoms with Crippen LogP contribution in [0.15, 0.2) is 37.1 Å². The molecule has 1 aromatic carbocycles. The molecule has 2 aliphatic heterocycles. The van der Waals surface area contributed by atoms with E-state index in [4.69, 9.17) is 15.2 Å². The quantitative estimate of drug-likeness (QED) is 0.130. The number of nitrogens with one attached hydrogen (secondary N) is 1. The Hall–Kier alpha value is -4.20. The number of halogens is 4. The summed E-state index contributed by atoms with van der Waals surface area (Å²) in [6, 6.07) is 3.39. The Labute approximate surface area is 270 Å². The second-order valence-electron chi connectivity index (χ2n) is 11.9. The zero-order valence-corrected chi connectivity index (χ0v) is 25.5. The number of anilines is 2. The van der Waals surface area contributed by atoms with Crippen molar-refractivity contribution >= 4 is 22.7 Å². The summed E-state index contributed by atoms with van der Waals surface area (Å²) in [4.78, 5) is 19.0. The highest BCUT2D eigenvalue weighted by Gasteiger charge is 2.44. The summed E-state index contributed by atoms with van der Waals surface area (Å²) < 4.78 is 68.9. The molecule has 258 valence electrons. The number of nitrogens with two attached hydrogens (primary N) is 1. The molecule has 6 rings (SSSR count). The van der Waals surface area contributed by atoms with Gasteiger partial charge in [-0.25, -0.2) is 32.5 Å². The van der Waals surface area contributed by atoms with E-state index in [-0.39, 0.29) is 47.9 Å². The number of fused-ring (bicyclic) bond motifs is 1. The number of imidazole rings is 1. The number of benzene rings is 1. The van der Waals surface area contributed by atoms with Crippen molar-refractivity contribution in [3.63, 3.8) is 0 Å². The highest BCUT2D eigenvalue weighted by molar-refractivity contribution is 5.83. The normalized spacial score (nSPS) is 25.2. The minimum atomic E-state index is -3.06. The van der Waals surface area contributed by atoms with E-state index in [1.807, 2.05) is 0 Å². The average molecular weight is 679 g/mol. The Morgan fingerprint density at radius 3 is 2.62 bits per heavy atom. The predicted molar refractivity (Wildman–Crippen MR) is 162 cm³/mol. The van der Waals surface area contributed by atoms with E-state index >= 15 is 4.39 Å². The maximum absolute atomic E-state index is 15.1. The van der Waals surface area contributed by atoms with Gasteiger partial charge >= 0.3 is 0 Å². The van der Waals surface area contributed by atoms with E-state index < -0.39 is 60.8 Å². The zero-order valence-electron chi connectivity index (χ0n) is 25.5. The lowest BCUT2D eigenvalue weighted by Crippen LogP contribution is -2.63. The number of aromatic nitrogens is 5.